The van der Waals surface area contributed by atoms with Crippen LogP contribution in [0.3, 0.4) is 0 Å². The van der Waals surface area contributed by atoms with Crippen LogP contribution in [0.1, 0.15) is 56.6 Å². The summed E-state index contributed by atoms with van der Waals surface area (Å²) in [4.78, 5) is 13.7. The average Bonchev–Trinajstić information content (AvgIpc) is 3.51. The molecule has 3 aliphatic rings. The van der Waals surface area contributed by atoms with Crippen LogP contribution in [0.2, 0.25) is 0 Å². The maximum Gasteiger partial charge on any atom is 0.147 e. The van der Waals surface area contributed by atoms with Crippen LogP contribution in [0.15, 0.2) is 18.6 Å². The summed E-state index contributed by atoms with van der Waals surface area (Å²) in [6.07, 6.45) is 13.5. The normalized spacial score (nSPS) is 21.6. The van der Waals surface area contributed by atoms with E-state index in [0.717, 1.165) is 38.4 Å². The van der Waals surface area contributed by atoms with E-state index in [1.54, 1.807) is 6.33 Å². The number of fused-ring (bicyclic) bond motifs is 1. The zero-order valence-corrected chi connectivity index (χ0v) is 16.0. The van der Waals surface area contributed by atoms with Crippen LogP contribution in [0.4, 0.5) is 5.82 Å². The number of rotatable bonds is 5. The summed E-state index contributed by atoms with van der Waals surface area (Å²) in [5.74, 6) is 3.47. The van der Waals surface area contributed by atoms with Crippen molar-refractivity contribution < 1.29 is 0 Å². The first-order chi connectivity index (χ1) is 13.4. The molecule has 7 heteroatoms. The molecule has 0 N–H and O–H groups in total. The molecular weight excluding hydrogens is 338 g/mol. The Morgan fingerprint density at radius 3 is 2.59 bits per heavy atom. The van der Waals surface area contributed by atoms with Crippen LogP contribution in [-0.4, -0.2) is 54.8 Å². The molecule has 144 valence electrons. The second-order valence-corrected chi connectivity index (χ2v) is 8.21. The third-order valence-electron chi connectivity index (χ3n) is 6.27. The zero-order chi connectivity index (χ0) is 18.1. The minimum atomic E-state index is 0.596. The fourth-order valence-corrected chi connectivity index (χ4v) is 4.68. The Morgan fingerprint density at radius 1 is 0.963 bits per heavy atom. The molecule has 0 spiro atoms. The number of anilines is 1. The first kappa shape index (κ1) is 17.1. The molecule has 0 aromatic carbocycles. The molecule has 1 saturated carbocycles. The summed E-state index contributed by atoms with van der Waals surface area (Å²) in [6.45, 7) is 4.29. The van der Waals surface area contributed by atoms with Gasteiger partial charge in [-0.1, -0.05) is 6.42 Å². The molecule has 2 aromatic rings. The fraction of sp³-hybridized carbons (Fsp3) is 0.700. The fourth-order valence-electron chi connectivity index (χ4n) is 4.68. The summed E-state index contributed by atoms with van der Waals surface area (Å²) < 4.78 is 2.39. The number of hydrogen-bond acceptors (Lipinski definition) is 6. The highest BCUT2D eigenvalue weighted by atomic mass is 15.3. The minimum Gasteiger partial charge on any atom is -0.350 e. The SMILES string of the molecule is c1cc(N(C2CC2)C2CCN(Cc3nnc4n3CCCCC4)CC2)ncn1. The van der Waals surface area contributed by atoms with Crippen molar-refractivity contribution in [2.24, 2.45) is 0 Å². The first-order valence-electron chi connectivity index (χ1n) is 10.6. The van der Waals surface area contributed by atoms with Crippen molar-refractivity contribution in [1.82, 2.24) is 29.6 Å². The predicted octanol–water partition coefficient (Wildman–Crippen LogP) is 2.43. The number of likely N-dealkylation sites (tertiary alicyclic amines) is 1. The molecule has 27 heavy (non-hydrogen) atoms. The maximum absolute atomic E-state index is 4.53. The minimum absolute atomic E-state index is 0.596. The Morgan fingerprint density at radius 2 is 1.81 bits per heavy atom. The molecule has 4 heterocycles. The van der Waals surface area contributed by atoms with Crippen LogP contribution in [0, 0.1) is 0 Å². The lowest BCUT2D eigenvalue weighted by Crippen LogP contribution is -2.46. The van der Waals surface area contributed by atoms with E-state index in [0.29, 0.717) is 12.1 Å². The number of hydrogen-bond donors (Lipinski definition) is 0. The Balaban J connectivity index is 1.22. The van der Waals surface area contributed by atoms with Gasteiger partial charge in [-0.05, 0) is 44.6 Å². The lowest BCUT2D eigenvalue weighted by molar-refractivity contribution is 0.193. The van der Waals surface area contributed by atoms with E-state index in [1.807, 2.05) is 6.20 Å². The molecule has 5 rings (SSSR count). The van der Waals surface area contributed by atoms with Gasteiger partial charge in [0.15, 0.2) is 0 Å². The standard InChI is InChI=1S/C20H29N7/c1-2-4-19-23-24-20(26(19)11-3-1)14-25-12-8-17(9-13-25)27(16-5-6-16)18-7-10-21-15-22-18/h7,10,15-17H,1-6,8-9,11-14H2. The second-order valence-electron chi connectivity index (χ2n) is 8.21. The van der Waals surface area contributed by atoms with Gasteiger partial charge < -0.3 is 9.47 Å². The molecule has 0 amide bonds. The van der Waals surface area contributed by atoms with Crippen molar-refractivity contribution in [3.8, 4) is 0 Å². The monoisotopic (exact) mass is 367 g/mol. The molecule has 0 radical (unpaired) electrons. The highest BCUT2D eigenvalue weighted by Gasteiger charge is 2.36. The zero-order valence-electron chi connectivity index (χ0n) is 16.0. The summed E-state index contributed by atoms with van der Waals surface area (Å²) >= 11 is 0. The number of nitrogens with zero attached hydrogens (tertiary/aromatic N) is 7. The van der Waals surface area contributed by atoms with Crippen molar-refractivity contribution >= 4 is 5.82 Å². The van der Waals surface area contributed by atoms with Crippen molar-refractivity contribution in [3.63, 3.8) is 0 Å². The summed E-state index contributed by atoms with van der Waals surface area (Å²) in [6, 6.07) is 3.35. The average molecular weight is 368 g/mol. The molecule has 7 nitrogen and oxygen atoms in total. The van der Waals surface area contributed by atoms with E-state index in [2.05, 4.69) is 40.6 Å². The van der Waals surface area contributed by atoms with Gasteiger partial charge in [-0.25, -0.2) is 9.97 Å². The van der Waals surface area contributed by atoms with E-state index in [1.165, 1.54) is 56.6 Å². The smallest absolute Gasteiger partial charge is 0.147 e. The number of piperidine rings is 1. The highest BCUT2D eigenvalue weighted by Crippen LogP contribution is 2.35. The first-order valence-corrected chi connectivity index (χ1v) is 10.6. The molecule has 2 fully saturated rings. The van der Waals surface area contributed by atoms with Crippen LogP contribution in [0.25, 0.3) is 0 Å². The molecule has 0 unspecified atom stereocenters. The quantitative estimate of drug-likeness (QED) is 0.809. The lowest BCUT2D eigenvalue weighted by Gasteiger charge is -2.39. The third-order valence-corrected chi connectivity index (χ3v) is 6.27. The van der Waals surface area contributed by atoms with Gasteiger partial charge in [0, 0.05) is 44.3 Å². The topological polar surface area (TPSA) is 63.0 Å². The van der Waals surface area contributed by atoms with Crippen molar-refractivity contribution in [3.05, 3.63) is 30.2 Å². The van der Waals surface area contributed by atoms with Crippen molar-refractivity contribution in [1.29, 1.82) is 0 Å². The van der Waals surface area contributed by atoms with Gasteiger partial charge in [-0.15, -0.1) is 10.2 Å². The van der Waals surface area contributed by atoms with Crippen LogP contribution >= 0.6 is 0 Å². The maximum atomic E-state index is 4.53. The van der Waals surface area contributed by atoms with Gasteiger partial charge in [0.25, 0.3) is 0 Å². The highest BCUT2D eigenvalue weighted by molar-refractivity contribution is 5.41. The van der Waals surface area contributed by atoms with E-state index < -0.39 is 0 Å². The number of aryl methyl sites for hydroxylation is 1. The summed E-state index contributed by atoms with van der Waals surface area (Å²) in [7, 11) is 0. The molecule has 0 bridgehead atoms. The lowest BCUT2D eigenvalue weighted by atomic mass is 10.0. The van der Waals surface area contributed by atoms with Crippen LogP contribution in [0.5, 0.6) is 0 Å². The van der Waals surface area contributed by atoms with Gasteiger partial charge in [0.1, 0.15) is 23.8 Å². The van der Waals surface area contributed by atoms with Gasteiger partial charge in [-0.2, -0.15) is 0 Å². The summed E-state index contributed by atoms with van der Waals surface area (Å²) in [5, 5.41) is 8.98. The Hall–Kier alpha value is -2.02. The van der Waals surface area contributed by atoms with E-state index in [-0.39, 0.29) is 0 Å². The van der Waals surface area contributed by atoms with E-state index in [4.69, 9.17) is 0 Å². The van der Waals surface area contributed by atoms with Gasteiger partial charge >= 0.3 is 0 Å². The second kappa shape index (κ2) is 7.54. The Kier molecular flexibility index (Phi) is 4.78. The number of aromatic nitrogens is 5. The van der Waals surface area contributed by atoms with Crippen molar-refractivity contribution in [2.75, 3.05) is 18.0 Å². The largest absolute Gasteiger partial charge is 0.350 e. The van der Waals surface area contributed by atoms with Crippen molar-refractivity contribution in [2.45, 2.75) is 76.5 Å². The van der Waals surface area contributed by atoms with Gasteiger partial charge in [0.05, 0.1) is 6.54 Å². The van der Waals surface area contributed by atoms with Gasteiger partial charge in [0.2, 0.25) is 0 Å². The van der Waals surface area contributed by atoms with E-state index in [9.17, 15) is 0 Å². The molecule has 2 aliphatic heterocycles. The van der Waals surface area contributed by atoms with Gasteiger partial charge in [-0.3, -0.25) is 4.90 Å². The third kappa shape index (κ3) is 3.70. The molecule has 1 aliphatic carbocycles. The molecular formula is C20H29N7. The Labute approximate surface area is 160 Å². The predicted molar refractivity (Wildman–Crippen MR) is 103 cm³/mol. The Bertz CT molecular complexity index is 747. The van der Waals surface area contributed by atoms with Crippen LogP contribution in [-0.2, 0) is 19.5 Å². The van der Waals surface area contributed by atoms with E-state index >= 15 is 0 Å². The molecule has 0 atom stereocenters. The van der Waals surface area contributed by atoms with Crippen LogP contribution < -0.4 is 4.90 Å². The molecule has 1 saturated heterocycles. The molecule has 2 aromatic heterocycles. The summed E-state index contributed by atoms with van der Waals surface area (Å²) in [5.41, 5.74) is 0.